The van der Waals surface area contributed by atoms with E-state index >= 15 is 0 Å². The summed E-state index contributed by atoms with van der Waals surface area (Å²) in [7, 11) is -3.01. The van der Waals surface area contributed by atoms with E-state index in [-0.39, 0.29) is 0 Å². The Hall–Kier alpha value is -0.170. The Labute approximate surface area is 112 Å². The summed E-state index contributed by atoms with van der Waals surface area (Å²) in [6.07, 6.45) is 3.72. The second-order valence-corrected chi connectivity index (χ2v) is 7.09. The van der Waals surface area contributed by atoms with Crippen LogP contribution in [0, 0.1) is 0 Å². The van der Waals surface area contributed by atoms with Gasteiger partial charge in [-0.15, -0.1) is 0 Å². The molecule has 1 heterocycles. The Morgan fingerprint density at radius 1 is 1.22 bits per heavy atom. The molecule has 0 saturated carbocycles. The molecule has 0 aromatic rings. The van der Waals surface area contributed by atoms with E-state index in [1.807, 2.05) is 0 Å². The van der Waals surface area contributed by atoms with Gasteiger partial charge in [0.05, 0.1) is 6.26 Å². The van der Waals surface area contributed by atoms with Crippen LogP contribution in [0.2, 0.25) is 0 Å². The van der Waals surface area contributed by atoms with Crippen molar-refractivity contribution in [1.82, 2.24) is 14.5 Å². The maximum Gasteiger partial charge on any atom is 0.211 e. The first-order chi connectivity index (χ1) is 8.45. The van der Waals surface area contributed by atoms with E-state index in [0.717, 1.165) is 26.2 Å². The van der Waals surface area contributed by atoms with Gasteiger partial charge in [0.25, 0.3) is 0 Å². The minimum atomic E-state index is -3.01. The van der Waals surface area contributed by atoms with Gasteiger partial charge in [0.2, 0.25) is 10.0 Å². The Balaban J connectivity index is 2.25. The van der Waals surface area contributed by atoms with Crippen molar-refractivity contribution in [3.8, 4) is 0 Å². The highest BCUT2D eigenvalue weighted by atomic mass is 32.2. The molecule has 1 saturated heterocycles. The second kappa shape index (κ2) is 7.43. The van der Waals surface area contributed by atoms with Crippen LogP contribution in [0.15, 0.2) is 0 Å². The standard InChI is InChI=1S/C12H27N3O2S/c1-4-5-6-13-11-12(2)14-7-9-15(10-8-14)18(3,16)17/h12-13H,4-11H2,1-3H3. The second-order valence-electron chi connectivity index (χ2n) is 5.10. The number of piperazine rings is 1. The van der Waals surface area contributed by atoms with Gasteiger partial charge in [0, 0.05) is 38.8 Å². The van der Waals surface area contributed by atoms with Gasteiger partial charge in [-0.3, -0.25) is 4.90 Å². The van der Waals surface area contributed by atoms with Crippen LogP contribution in [0.1, 0.15) is 26.7 Å². The predicted molar refractivity (Wildman–Crippen MR) is 75.2 cm³/mol. The van der Waals surface area contributed by atoms with E-state index in [2.05, 4.69) is 24.1 Å². The molecule has 108 valence electrons. The van der Waals surface area contributed by atoms with Crippen LogP contribution in [0.4, 0.5) is 0 Å². The Morgan fingerprint density at radius 3 is 2.33 bits per heavy atom. The smallest absolute Gasteiger partial charge is 0.211 e. The van der Waals surface area contributed by atoms with E-state index in [1.54, 1.807) is 4.31 Å². The first-order valence-electron chi connectivity index (χ1n) is 6.85. The van der Waals surface area contributed by atoms with E-state index in [4.69, 9.17) is 0 Å². The van der Waals surface area contributed by atoms with Crippen molar-refractivity contribution >= 4 is 10.0 Å². The maximum absolute atomic E-state index is 11.4. The fourth-order valence-electron chi connectivity index (χ4n) is 2.22. The minimum absolute atomic E-state index is 0.476. The van der Waals surface area contributed by atoms with Crippen molar-refractivity contribution < 1.29 is 8.42 Å². The summed E-state index contributed by atoms with van der Waals surface area (Å²) in [6, 6.07) is 0.476. The SMILES string of the molecule is CCCCNCC(C)N1CCN(S(C)(=O)=O)CC1. The summed E-state index contributed by atoms with van der Waals surface area (Å²) in [4.78, 5) is 2.36. The van der Waals surface area contributed by atoms with Gasteiger partial charge in [0.1, 0.15) is 0 Å². The van der Waals surface area contributed by atoms with Crippen LogP contribution in [0.5, 0.6) is 0 Å². The van der Waals surface area contributed by atoms with Crippen molar-refractivity contribution in [3.63, 3.8) is 0 Å². The molecule has 0 aliphatic carbocycles. The molecule has 0 aromatic carbocycles. The van der Waals surface area contributed by atoms with E-state index in [0.29, 0.717) is 19.1 Å². The lowest BCUT2D eigenvalue weighted by molar-refractivity contribution is 0.144. The summed E-state index contributed by atoms with van der Waals surface area (Å²) in [5.74, 6) is 0. The molecule has 1 aliphatic rings. The van der Waals surface area contributed by atoms with E-state index in [1.165, 1.54) is 19.1 Å². The van der Waals surface area contributed by atoms with Crippen molar-refractivity contribution in [1.29, 1.82) is 0 Å². The molecule has 1 unspecified atom stereocenters. The lowest BCUT2D eigenvalue weighted by Gasteiger charge is -2.37. The molecule has 0 radical (unpaired) electrons. The summed E-state index contributed by atoms with van der Waals surface area (Å²) < 4.78 is 24.4. The number of unbranched alkanes of at least 4 members (excludes halogenated alkanes) is 1. The highest BCUT2D eigenvalue weighted by Gasteiger charge is 2.25. The number of nitrogens with zero attached hydrogens (tertiary/aromatic N) is 2. The van der Waals surface area contributed by atoms with Crippen molar-refractivity contribution in [2.75, 3.05) is 45.5 Å². The number of sulfonamides is 1. The lowest BCUT2D eigenvalue weighted by Crippen LogP contribution is -2.53. The summed E-state index contributed by atoms with van der Waals surface area (Å²) in [5, 5.41) is 3.45. The van der Waals surface area contributed by atoms with Gasteiger partial charge >= 0.3 is 0 Å². The van der Waals surface area contributed by atoms with Crippen LogP contribution >= 0.6 is 0 Å². The topological polar surface area (TPSA) is 52.6 Å². The summed E-state index contributed by atoms with van der Waals surface area (Å²) in [5.41, 5.74) is 0. The fraction of sp³-hybridized carbons (Fsp3) is 1.00. The molecule has 18 heavy (non-hydrogen) atoms. The van der Waals surface area contributed by atoms with Crippen LogP contribution in [-0.2, 0) is 10.0 Å². The maximum atomic E-state index is 11.4. The molecule has 0 bridgehead atoms. The molecule has 0 aromatic heterocycles. The zero-order valence-corrected chi connectivity index (χ0v) is 12.7. The Kier molecular flexibility index (Phi) is 6.55. The Bertz CT molecular complexity index is 324. The van der Waals surface area contributed by atoms with Crippen molar-refractivity contribution in [2.24, 2.45) is 0 Å². The summed E-state index contributed by atoms with van der Waals surface area (Å²) >= 11 is 0. The van der Waals surface area contributed by atoms with Gasteiger partial charge in [-0.05, 0) is 19.9 Å². The molecule has 1 fully saturated rings. The first kappa shape index (κ1) is 15.9. The number of nitrogens with one attached hydrogen (secondary N) is 1. The third kappa shape index (κ3) is 5.22. The van der Waals surface area contributed by atoms with Gasteiger partial charge in [-0.2, -0.15) is 4.31 Å². The van der Waals surface area contributed by atoms with Gasteiger partial charge in [0.15, 0.2) is 0 Å². The molecular weight excluding hydrogens is 250 g/mol. The first-order valence-corrected chi connectivity index (χ1v) is 8.70. The third-order valence-electron chi connectivity index (χ3n) is 3.51. The fourth-order valence-corrected chi connectivity index (χ4v) is 3.04. The number of hydrogen-bond donors (Lipinski definition) is 1. The van der Waals surface area contributed by atoms with Gasteiger partial charge < -0.3 is 5.32 Å². The molecule has 0 spiro atoms. The van der Waals surface area contributed by atoms with Gasteiger partial charge in [-0.25, -0.2) is 8.42 Å². The van der Waals surface area contributed by atoms with Crippen LogP contribution in [0.25, 0.3) is 0 Å². The molecule has 1 rings (SSSR count). The molecule has 1 aliphatic heterocycles. The van der Waals surface area contributed by atoms with E-state index in [9.17, 15) is 8.42 Å². The third-order valence-corrected chi connectivity index (χ3v) is 4.82. The number of hydrogen-bond acceptors (Lipinski definition) is 4. The summed E-state index contributed by atoms with van der Waals surface area (Å²) in [6.45, 7) is 9.37. The predicted octanol–water partition coefficient (Wildman–Crippen LogP) is 0.342. The zero-order chi connectivity index (χ0) is 13.6. The van der Waals surface area contributed by atoms with Crippen molar-refractivity contribution in [3.05, 3.63) is 0 Å². The molecule has 6 heteroatoms. The Morgan fingerprint density at radius 2 is 1.83 bits per heavy atom. The molecule has 1 N–H and O–H groups in total. The highest BCUT2D eigenvalue weighted by molar-refractivity contribution is 7.88. The monoisotopic (exact) mass is 277 g/mol. The highest BCUT2D eigenvalue weighted by Crippen LogP contribution is 2.08. The zero-order valence-electron chi connectivity index (χ0n) is 11.9. The lowest BCUT2D eigenvalue weighted by atomic mass is 10.2. The van der Waals surface area contributed by atoms with Crippen molar-refractivity contribution in [2.45, 2.75) is 32.7 Å². The van der Waals surface area contributed by atoms with Gasteiger partial charge in [-0.1, -0.05) is 13.3 Å². The quantitative estimate of drug-likeness (QED) is 0.682. The van der Waals surface area contributed by atoms with Crippen LogP contribution in [-0.4, -0.2) is 69.2 Å². The largest absolute Gasteiger partial charge is 0.315 e. The number of rotatable bonds is 7. The molecule has 1 atom stereocenters. The van der Waals surface area contributed by atoms with Crippen LogP contribution in [0.3, 0.4) is 0 Å². The normalized spacial score (nSPS) is 21.1. The van der Waals surface area contributed by atoms with E-state index < -0.39 is 10.0 Å². The molecule has 5 nitrogen and oxygen atoms in total. The molecular formula is C12H27N3O2S. The van der Waals surface area contributed by atoms with Crippen LogP contribution < -0.4 is 5.32 Å². The average molecular weight is 277 g/mol. The molecule has 0 amide bonds. The minimum Gasteiger partial charge on any atom is -0.315 e. The average Bonchev–Trinajstić information content (AvgIpc) is 2.33.